The Hall–Kier alpha value is -0.890. The molecule has 30 heavy (non-hydrogen) atoms. The number of nitrogens with zero attached hydrogens (tertiary/aromatic N) is 4. The van der Waals surface area contributed by atoms with E-state index >= 15 is 0 Å². The van der Waals surface area contributed by atoms with Gasteiger partial charge in [-0.1, -0.05) is 6.42 Å². The van der Waals surface area contributed by atoms with Crippen LogP contribution in [-0.2, 0) is 4.74 Å². The Morgan fingerprint density at radius 3 is 2.37 bits per heavy atom. The van der Waals surface area contributed by atoms with Gasteiger partial charge in [0.25, 0.3) is 0 Å². The SMILES string of the molecule is CCNC(=NCC1(N2CCCCC2)CCN(C)CC1)NC1CCN(CCOC)CC1. The van der Waals surface area contributed by atoms with Crippen molar-refractivity contribution in [3.63, 3.8) is 0 Å². The minimum atomic E-state index is 0.249. The van der Waals surface area contributed by atoms with Crippen molar-refractivity contribution in [2.75, 3.05) is 79.7 Å². The van der Waals surface area contributed by atoms with E-state index in [2.05, 4.69) is 39.3 Å². The molecule has 7 nitrogen and oxygen atoms in total. The zero-order valence-electron chi connectivity index (χ0n) is 19.8. The van der Waals surface area contributed by atoms with Crippen LogP contribution in [0.4, 0.5) is 0 Å². The summed E-state index contributed by atoms with van der Waals surface area (Å²) >= 11 is 0. The first-order valence-electron chi connectivity index (χ1n) is 12.3. The molecule has 0 aliphatic carbocycles. The number of methoxy groups -OCH3 is 1. The standard InChI is InChI=1S/C23H46N6O/c1-4-24-22(26-21-8-14-28(15-9-21)18-19-30-3)25-20-23(10-16-27(2)17-11-23)29-12-6-5-7-13-29/h21H,4-20H2,1-3H3,(H2,24,25,26). The smallest absolute Gasteiger partial charge is 0.191 e. The van der Waals surface area contributed by atoms with E-state index in [9.17, 15) is 0 Å². The van der Waals surface area contributed by atoms with Crippen molar-refractivity contribution in [2.45, 2.75) is 63.5 Å². The van der Waals surface area contributed by atoms with Crippen molar-refractivity contribution in [1.82, 2.24) is 25.3 Å². The molecule has 0 aromatic rings. The highest BCUT2D eigenvalue weighted by Gasteiger charge is 2.39. The van der Waals surface area contributed by atoms with E-state index in [1.54, 1.807) is 7.11 Å². The summed E-state index contributed by atoms with van der Waals surface area (Å²) in [6.45, 7) is 13.1. The topological polar surface area (TPSA) is 55.4 Å². The van der Waals surface area contributed by atoms with Crippen LogP contribution < -0.4 is 10.6 Å². The van der Waals surface area contributed by atoms with E-state index < -0.39 is 0 Å². The Kier molecular flexibility index (Phi) is 9.68. The molecule has 0 spiro atoms. The third kappa shape index (κ3) is 6.81. The molecule has 3 fully saturated rings. The lowest BCUT2D eigenvalue weighted by Gasteiger charge is -2.49. The largest absolute Gasteiger partial charge is 0.383 e. The van der Waals surface area contributed by atoms with Crippen LogP contribution in [-0.4, -0.2) is 112 Å². The van der Waals surface area contributed by atoms with Crippen molar-refractivity contribution in [3.05, 3.63) is 0 Å². The minimum Gasteiger partial charge on any atom is -0.383 e. The van der Waals surface area contributed by atoms with Crippen LogP contribution in [0.5, 0.6) is 0 Å². The first-order valence-corrected chi connectivity index (χ1v) is 12.3. The van der Waals surface area contributed by atoms with Gasteiger partial charge in [0.05, 0.1) is 13.2 Å². The lowest BCUT2D eigenvalue weighted by atomic mass is 9.84. The molecule has 3 aliphatic rings. The number of nitrogens with one attached hydrogen (secondary N) is 2. The number of rotatable bonds is 8. The number of aliphatic imine (C=N–C) groups is 1. The number of hydrogen-bond donors (Lipinski definition) is 2. The van der Waals surface area contributed by atoms with Gasteiger partial charge >= 0.3 is 0 Å². The fraction of sp³-hybridized carbons (Fsp3) is 0.957. The van der Waals surface area contributed by atoms with E-state index in [0.717, 1.165) is 45.3 Å². The van der Waals surface area contributed by atoms with Gasteiger partial charge in [-0.25, -0.2) is 0 Å². The summed E-state index contributed by atoms with van der Waals surface area (Å²) in [6.07, 6.45) is 8.92. The molecule has 0 bridgehead atoms. The Morgan fingerprint density at radius 1 is 1.03 bits per heavy atom. The van der Waals surface area contributed by atoms with Crippen LogP contribution in [0.25, 0.3) is 0 Å². The second-order valence-corrected chi connectivity index (χ2v) is 9.52. The van der Waals surface area contributed by atoms with Gasteiger partial charge in [-0.15, -0.1) is 0 Å². The Labute approximate surface area is 184 Å². The molecule has 3 aliphatic heterocycles. The van der Waals surface area contributed by atoms with Crippen LogP contribution >= 0.6 is 0 Å². The summed E-state index contributed by atoms with van der Waals surface area (Å²) in [5.74, 6) is 1.02. The highest BCUT2D eigenvalue weighted by atomic mass is 16.5. The Morgan fingerprint density at radius 2 is 1.73 bits per heavy atom. The molecule has 7 heteroatoms. The van der Waals surface area contributed by atoms with Crippen LogP contribution in [0.3, 0.4) is 0 Å². The van der Waals surface area contributed by atoms with E-state index in [0.29, 0.717) is 6.04 Å². The number of piperidine rings is 3. The van der Waals surface area contributed by atoms with Crippen LogP contribution in [0, 0.1) is 0 Å². The van der Waals surface area contributed by atoms with E-state index in [4.69, 9.17) is 9.73 Å². The number of ether oxygens (including phenoxy) is 1. The van der Waals surface area contributed by atoms with Gasteiger partial charge in [-0.2, -0.15) is 0 Å². The molecule has 2 N–H and O–H groups in total. The first-order chi connectivity index (χ1) is 14.6. The molecular weight excluding hydrogens is 376 g/mol. The van der Waals surface area contributed by atoms with Gasteiger partial charge in [0.1, 0.15) is 0 Å². The van der Waals surface area contributed by atoms with Crippen molar-refractivity contribution in [3.8, 4) is 0 Å². The maximum Gasteiger partial charge on any atom is 0.191 e. The third-order valence-corrected chi connectivity index (χ3v) is 7.36. The zero-order valence-corrected chi connectivity index (χ0v) is 19.8. The van der Waals surface area contributed by atoms with E-state index in [1.807, 2.05) is 0 Å². The quantitative estimate of drug-likeness (QED) is 0.458. The van der Waals surface area contributed by atoms with Crippen molar-refractivity contribution in [1.29, 1.82) is 0 Å². The summed E-state index contributed by atoms with van der Waals surface area (Å²) in [5.41, 5.74) is 0.249. The summed E-state index contributed by atoms with van der Waals surface area (Å²) < 4.78 is 5.23. The minimum absolute atomic E-state index is 0.249. The monoisotopic (exact) mass is 422 g/mol. The molecule has 0 amide bonds. The highest BCUT2D eigenvalue weighted by molar-refractivity contribution is 5.80. The van der Waals surface area contributed by atoms with Gasteiger partial charge in [-0.05, 0) is 78.7 Å². The number of hydrogen-bond acceptors (Lipinski definition) is 5. The van der Waals surface area contributed by atoms with Crippen LogP contribution in [0.15, 0.2) is 4.99 Å². The maximum absolute atomic E-state index is 5.23. The third-order valence-electron chi connectivity index (χ3n) is 7.36. The predicted octanol–water partition coefficient (Wildman–Crippen LogP) is 1.60. The summed E-state index contributed by atoms with van der Waals surface area (Å²) in [6, 6.07) is 0.519. The fourth-order valence-electron chi connectivity index (χ4n) is 5.24. The van der Waals surface area contributed by atoms with Gasteiger partial charge in [0, 0.05) is 44.9 Å². The molecule has 0 aromatic heterocycles. The van der Waals surface area contributed by atoms with Gasteiger partial charge in [-0.3, -0.25) is 9.89 Å². The Bertz CT molecular complexity index is 506. The average Bonchev–Trinajstić information content (AvgIpc) is 2.79. The van der Waals surface area contributed by atoms with Gasteiger partial charge < -0.3 is 25.2 Å². The maximum atomic E-state index is 5.23. The summed E-state index contributed by atoms with van der Waals surface area (Å²) in [4.78, 5) is 12.9. The lowest BCUT2D eigenvalue weighted by Crippen LogP contribution is -2.58. The Balaban J connectivity index is 1.59. The van der Waals surface area contributed by atoms with E-state index in [-0.39, 0.29) is 5.54 Å². The summed E-state index contributed by atoms with van der Waals surface area (Å²) in [5, 5.41) is 7.27. The highest BCUT2D eigenvalue weighted by Crippen LogP contribution is 2.31. The summed E-state index contributed by atoms with van der Waals surface area (Å²) in [7, 11) is 4.04. The molecule has 0 atom stereocenters. The molecule has 3 saturated heterocycles. The first kappa shape index (κ1) is 23.8. The van der Waals surface area contributed by atoms with Crippen molar-refractivity contribution < 1.29 is 4.74 Å². The zero-order chi connectivity index (χ0) is 21.2. The predicted molar refractivity (Wildman–Crippen MR) is 125 cm³/mol. The van der Waals surface area contributed by atoms with Gasteiger partial charge in [0.2, 0.25) is 0 Å². The van der Waals surface area contributed by atoms with Gasteiger partial charge in [0.15, 0.2) is 5.96 Å². The molecule has 174 valence electrons. The molecule has 0 aromatic carbocycles. The van der Waals surface area contributed by atoms with Crippen LogP contribution in [0.1, 0.15) is 51.9 Å². The number of likely N-dealkylation sites (tertiary alicyclic amines) is 3. The molecule has 3 heterocycles. The van der Waals surface area contributed by atoms with Crippen molar-refractivity contribution >= 4 is 5.96 Å². The normalized spacial score (nSPS) is 25.4. The van der Waals surface area contributed by atoms with E-state index in [1.165, 1.54) is 71.1 Å². The van der Waals surface area contributed by atoms with Crippen molar-refractivity contribution in [2.24, 2.45) is 4.99 Å². The molecule has 0 unspecified atom stereocenters. The molecule has 0 radical (unpaired) electrons. The molecule has 0 saturated carbocycles. The second kappa shape index (κ2) is 12.2. The molecular formula is C23H46N6O. The number of guanidine groups is 1. The lowest BCUT2D eigenvalue weighted by molar-refractivity contribution is 0.0208. The second-order valence-electron chi connectivity index (χ2n) is 9.52. The van der Waals surface area contributed by atoms with Crippen LogP contribution in [0.2, 0.25) is 0 Å². The fourth-order valence-corrected chi connectivity index (χ4v) is 5.24. The average molecular weight is 423 g/mol. The molecule has 3 rings (SSSR count).